The molecule has 0 aliphatic carbocycles. The van der Waals surface area contributed by atoms with E-state index in [0.717, 1.165) is 22.1 Å². The minimum absolute atomic E-state index is 0.125. The van der Waals surface area contributed by atoms with E-state index in [9.17, 15) is 22.8 Å². The van der Waals surface area contributed by atoms with Crippen LogP contribution in [-0.2, 0) is 11.0 Å². The summed E-state index contributed by atoms with van der Waals surface area (Å²) < 4.78 is 56.2. The van der Waals surface area contributed by atoms with E-state index in [4.69, 9.17) is 14.2 Å². The Labute approximate surface area is 220 Å². The Kier molecular flexibility index (Phi) is 6.46. The number of hydrogen-bond acceptors (Lipinski definition) is 7. The minimum Gasteiger partial charge on any atom is -0.493 e. The Hall–Kier alpha value is -4.87. The minimum atomic E-state index is -4.64. The summed E-state index contributed by atoms with van der Waals surface area (Å²) in [4.78, 5) is 35.7. The Balaban J connectivity index is 1.42. The topological polar surface area (TPSA) is 94.1 Å². The van der Waals surface area contributed by atoms with Crippen molar-refractivity contribution in [1.82, 2.24) is 9.97 Å². The molecule has 3 amide bonds. The van der Waals surface area contributed by atoms with E-state index in [-0.39, 0.29) is 11.4 Å². The van der Waals surface area contributed by atoms with Gasteiger partial charge in [-0.15, -0.1) is 0 Å². The number of amides is 3. The fraction of sp³-hybridized carbons (Fsp3) is 0.185. The molecule has 0 saturated carbocycles. The number of carbonyl (C=O) groups is 2. The molecule has 5 rings (SSSR count). The van der Waals surface area contributed by atoms with Gasteiger partial charge in [0.2, 0.25) is 0 Å². The van der Waals surface area contributed by atoms with E-state index in [1.165, 1.54) is 14.2 Å². The maximum atomic E-state index is 13.1. The van der Waals surface area contributed by atoms with Crippen molar-refractivity contribution >= 4 is 34.2 Å². The average molecular weight is 538 g/mol. The molecule has 1 fully saturated rings. The van der Waals surface area contributed by atoms with Crippen LogP contribution in [0.1, 0.15) is 11.1 Å². The zero-order valence-electron chi connectivity index (χ0n) is 20.9. The summed E-state index contributed by atoms with van der Waals surface area (Å²) in [6, 6.07) is 9.95. The first-order valence-electron chi connectivity index (χ1n) is 11.6. The van der Waals surface area contributed by atoms with Crippen molar-refractivity contribution in [1.29, 1.82) is 0 Å². The molecule has 0 unspecified atom stereocenters. The van der Waals surface area contributed by atoms with Gasteiger partial charge in [0.15, 0.2) is 11.5 Å². The summed E-state index contributed by atoms with van der Waals surface area (Å²) in [6.45, 7) is 1.27. The Morgan fingerprint density at radius 1 is 0.923 bits per heavy atom. The summed E-state index contributed by atoms with van der Waals surface area (Å²) >= 11 is 0. The number of carbonyl (C=O) groups excluding carboxylic acids is 2. The van der Waals surface area contributed by atoms with Gasteiger partial charge in [0, 0.05) is 23.8 Å². The number of halogens is 3. The lowest BCUT2D eigenvalue weighted by Crippen LogP contribution is -2.33. The van der Waals surface area contributed by atoms with E-state index in [0.29, 0.717) is 45.7 Å². The van der Waals surface area contributed by atoms with Gasteiger partial charge in [-0.05, 0) is 48.9 Å². The number of methoxy groups -OCH3 is 2. The van der Waals surface area contributed by atoms with Crippen LogP contribution in [0, 0.1) is 6.92 Å². The molecule has 12 heteroatoms. The number of benzene rings is 2. The Morgan fingerprint density at radius 3 is 2.36 bits per heavy atom. The second-order valence-corrected chi connectivity index (χ2v) is 8.61. The smallest absolute Gasteiger partial charge is 0.417 e. The number of rotatable bonds is 6. The third-order valence-electron chi connectivity index (χ3n) is 6.17. The van der Waals surface area contributed by atoms with Crippen LogP contribution in [0.2, 0.25) is 0 Å². The fourth-order valence-corrected chi connectivity index (χ4v) is 4.28. The SMILES string of the molecule is COc1cc2nccc(Oc3ccc(N4C(=O)CN(c5cncc(C(F)(F)F)c5)C4=O)c(C)c3)c2cc1OC. The van der Waals surface area contributed by atoms with E-state index >= 15 is 0 Å². The number of alkyl halides is 3. The van der Waals surface area contributed by atoms with Crippen molar-refractivity contribution in [2.24, 2.45) is 0 Å². The highest BCUT2D eigenvalue weighted by Gasteiger charge is 2.40. The molecule has 1 saturated heterocycles. The molecule has 0 radical (unpaired) electrons. The third kappa shape index (κ3) is 4.76. The highest BCUT2D eigenvalue weighted by Crippen LogP contribution is 2.38. The summed E-state index contributed by atoms with van der Waals surface area (Å²) in [6.07, 6.45) is -1.29. The number of ether oxygens (including phenoxy) is 3. The van der Waals surface area contributed by atoms with Gasteiger partial charge in [0.1, 0.15) is 18.0 Å². The van der Waals surface area contributed by atoms with E-state index < -0.39 is 30.2 Å². The molecule has 4 aromatic rings. The van der Waals surface area contributed by atoms with Gasteiger partial charge in [-0.2, -0.15) is 13.2 Å². The van der Waals surface area contributed by atoms with Crippen molar-refractivity contribution in [3.63, 3.8) is 0 Å². The van der Waals surface area contributed by atoms with Gasteiger partial charge in [-0.25, -0.2) is 9.69 Å². The lowest BCUT2D eigenvalue weighted by Gasteiger charge is -2.20. The van der Waals surface area contributed by atoms with Crippen LogP contribution in [0.5, 0.6) is 23.0 Å². The molecule has 39 heavy (non-hydrogen) atoms. The summed E-state index contributed by atoms with van der Waals surface area (Å²) in [5, 5.41) is 0.673. The number of nitrogens with zero attached hydrogens (tertiary/aromatic N) is 4. The van der Waals surface area contributed by atoms with Crippen LogP contribution in [0.4, 0.5) is 29.3 Å². The number of pyridine rings is 2. The molecule has 0 spiro atoms. The number of imide groups is 1. The largest absolute Gasteiger partial charge is 0.493 e. The number of anilines is 2. The first-order valence-corrected chi connectivity index (χ1v) is 11.6. The molecule has 0 atom stereocenters. The van der Waals surface area contributed by atoms with Gasteiger partial charge in [0.05, 0.1) is 42.9 Å². The van der Waals surface area contributed by atoms with Crippen LogP contribution in [0.3, 0.4) is 0 Å². The molecule has 1 aliphatic rings. The molecule has 9 nitrogen and oxygen atoms in total. The summed E-state index contributed by atoms with van der Waals surface area (Å²) in [5.74, 6) is 1.35. The molecule has 1 aliphatic heterocycles. The van der Waals surface area contributed by atoms with Gasteiger partial charge in [-0.1, -0.05) is 0 Å². The first kappa shape index (κ1) is 25.8. The van der Waals surface area contributed by atoms with Crippen LogP contribution in [-0.4, -0.2) is 42.7 Å². The average Bonchev–Trinajstić information content (AvgIpc) is 3.21. The van der Waals surface area contributed by atoms with Crippen LogP contribution >= 0.6 is 0 Å². The van der Waals surface area contributed by atoms with Gasteiger partial charge in [0.25, 0.3) is 5.91 Å². The van der Waals surface area contributed by atoms with Crippen LogP contribution in [0.25, 0.3) is 10.9 Å². The third-order valence-corrected chi connectivity index (χ3v) is 6.17. The highest BCUT2D eigenvalue weighted by molar-refractivity contribution is 6.27. The Bertz CT molecular complexity index is 1610. The standard InChI is InChI=1S/C27H21F3N4O5/c1-15-8-18(39-22-6-7-32-20-11-24(38-3)23(37-2)10-19(20)22)4-5-21(15)34-25(35)14-33(26(34)36)17-9-16(12-31-13-17)27(28,29)30/h4-13H,14H2,1-3H3. The van der Waals surface area contributed by atoms with E-state index in [1.54, 1.807) is 49.5 Å². The molecule has 3 heterocycles. The van der Waals surface area contributed by atoms with Gasteiger partial charge >= 0.3 is 12.2 Å². The molecule has 0 N–H and O–H groups in total. The van der Waals surface area contributed by atoms with Crippen LogP contribution < -0.4 is 24.0 Å². The Morgan fingerprint density at radius 2 is 1.67 bits per heavy atom. The lowest BCUT2D eigenvalue weighted by molar-refractivity contribution is -0.137. The van der Waals surface area contributed by atoms with Crippen molar-refractivity contribution in [3.05, 3.63) is 72.2 Å². The number of hydrogen-bond donors (Lipinski definition) is 0. The second kappa shape index (κ2) is 9.78. The van der Waals surface area contributed by atoms with Crippen LogP contribution in [0.15, 0.2) is 61.1 Å². The first-order chi connectivity index (χ1) is 18.6. The number of aromatic nitrogens is 2. The summed E-state index contributed by atoms with van der Waals surface area (Å²) in [5.41, 5.74) is 0.300. The molecular formula is C27H21F3N4O5. The monoisotopic (exact) mass is 538 g/mol. The molecular weight excluding hydrogens is 517 g/mol. The number of urea groups is 1. The fourth-order valence-electron chi connectivity index (χ4n) is 4.28. The number of fused-ring (bicyclic) bond motifs is 1. The zero-order chi connectivity index (χ0) is 27.9. The van der Waals surface area contributed by atoms with Crippen molar-refractivity contribution < 1.29 is 37.0 Å². The predicted octanol–water partition coefficient (Wildman–Crippen LogP) is 5.74. The maximum absolute atomic E-state index is 13.1. The normalized spacial score (nSPS) is 13.8. The molecule has 0 bridgehead atoms. The molecule has 2 aromatic carbocycles. The maximum Gasteiger partial charge on any atom is 0.417 e. The lowest BCUT2D eigenvalue weighted by atomic mass is 10.1. The van der Waals surface area contributed by atoms with Crippen molar-refractivity contribution in [3.8, 4) is 23.0 Å². The van der Waals surface area contributed by atoms with Crippen molar-refractivity contribution in [2.45, 2.75) is 13.1 Å². The molecule has 2 aromatic heterocycles. The van der Waals surface area contributed by atoms with Crippen molar-refractivity contribution in [2.75, 3.05) is 30.6 Å². The predicted molar refractivity (Wildman–Crippen MR) is 136 cm³/mol. The van der Waals surface area contributed by atoms with Gasteiger partial charge in [-0.3, -0.25) is 19.7 Å². The molecule has 200 valence electrons. The number of aryl methyl sites for hydroxylation is 1. The van der Waals surface area contributed by atoms with Gasteiger partial charge < -0.3 is 14.2 Å². The van der Waals surface area contributed by atoms with E-state index in [1.807, 2.05) is 0 Å². The quantitative estimate of drug-likeness (QED) is 0.289. The van der Waals surface area contributed by atoms with E-state index in [2.05, 4.69) is 9.97 Å². The zero-order valence-corrected chi connectivity index (χ0v) is 20.9. The second-order valence-electron chi connectivity index (χ2n) is 8.61. The highest BCUT2D eigenvalue weighted by atomic mass is 19.4. The summed E-state index contributed by atoms with van der Waals surface area (Å²) in [7, 11) is 3.05.